The number of nitrogens with zero attached hydrogens (tertiary/aromatic N) is 2. The molecule has 0 aliphatic rings. The largest absolute Gasteiger partial charge is 0.343 e. The van der Waals surface area contributed by atoms with E-state index >= 15 is 0 Å². The fourth-order valence-electron chi connectivity index (χ4n) is 1.48. The first-order valence-electron chi connectivity index (χ1n) is 5.46. The lowest BCUT2D eigenvalue weighted by molar-refractivity contribution is 0.409. The van der Waals surface area contributed by atoms with Crippen molar-refractivity contribution in [3.63, 3.8) is 0 Å². The van der Waals surface area contributed by atoms with Crippen LogP contribution in [0.4, 0.5) is 4.39 Å². The van der Waals surface area contributed by atoms with Crippen molar-refractivity contribution in [3.05, 3.63) is 47.4 Å². The lowest BCUT2D eigenvalue weighted by Gasteiger charge is -2.04. The van der Waals surface area contributed by atoms with E-state index in [4.69, 9.17) is 0 Å². The van der Waals surface area contributed by atoms with Crippen molar-refractivity contribution in [2.45, 2.75) is 19.9 Å². The van der Waals surface area contributed by atoms with Crippen molar-refractivity contribution in [1.29, 1.82) is 0 Å². The Balaban J connectivity index is 1.76. The zero-order valence-corrected chi connectivity index (χ0v) is 9.61. The third-order valence-corrected chi connectivity index (χ3v) is 2.50. The molecule has 2 rings (SSSR count). The van der Waals surface area contributed by atoms with Crippen LogP contribution >= 0.6 is 0 Å². The van der Waals surface area contributed by atoms with Crippen molar-refractivity contribution in [1.82, 2.24) is 15.5 Å². The molecular formula is C12H14FN3O. The quantitative estimate of drug-likeness (QED) is 0.803. The molecule has 1 heterocycles. The molecule has 0 atom stereocenters. The van der Waals surface area contributed by atoms with Gasteiger partial charge >= 0.3 is 0 Å². The Labute approximate surface area is 98.8 Å². The third kappa shape index (κ3) is 3.35. The predicted octanol–water partition coefficient (Wildman–Crippen LogP) is 1.85. The van der Waals surface area contributed by atoms with Crippen LogP contribution in [0.3, 0.4) is 0 Å². The standard InChI is InChI=1S/C12H14FN3O/c1-9-2-3-10(6-11(9)13)7-14-5-4-12-15-8-17-16-12/h2-3,6,8,14H,4-5,7H2,1H3. The average molecular weight is 235 g/mol. The Morgan fingerprint density at radius 1 is 1.41 bits per heavy atom. The fourth-order valence-corrected chi connectivity index (χ4v) is 1.48. The first kappa shape index (κ1) is 11.7. The highest BCUT2D eigenvalue weighted by atomic mass is 19.1. The normalized spacial score (nSPS) is 10.7. The summed E-state index contributed by atoms with van der Waals surface area (Å²) in [4.78, 5) is 3.91. The van der Waals surface area contributed by atoms with Gasteiger partial charge in [0.1, 0.15) is 5.82 Å². The summed E-state index contributed by atoms with van der Waals surface area (Å²) in [5.74, 6) is 0.509. The van der Waals surface area contributed by atoms with Gasteiger partial charge < -0.3 is 9.84 Å². The molecule has 0 fully saturated rings. The topological polar surface area (TPSA) is 51.0 Å². The summed E-state index contributed by atoms with van der Waals surface area (Å²) in [5, 5.41) is 6.90. The Morgan fingerprint density at radius 2 is 2.29 bits per heavy atom. The number of halogens is 1. The minimum absolute atomic E-state index is 0.164. The van der Waals surface area contributed by atoms with Crippen molar-refractivity contribution in [2.75, 3.05) is 6.54 Å². The number of aromatic nitrogens is 2. The van der Waals surface area contributed by atoms with Crippen LogP contribution in [0.5, 0.6) is 0 Å². The van der Waals surface area contributed by atoms with Gasteiger partial charge in [0, 0.05) is 19.5 Å². The van der Waals surface area contributed by atoms with Crippen molar-refractivity contribution in [3.8, 4) is 0 Å². The second-order valence-electron chi connectivity index (χ2n) is 3.86. The van der Waals surface area contributed by atoms with Crippen LogP contribution in [0.1, 0.15) is 17.0 Å². The predicted molar refractivity (Wildman–Crippen MR) is 60.8 cm³/mol. The molecule has 2 aromatic rings. The summed E-state index contributed by atoms with van der Waals surface area (Å²) in [6.45, 7) is 3.12. The van der Waals surface area contributed by atoms with Crippen molar-refractivity contribution in [2.24, 2.45) is 0 Å². The van der Waals surface area contributed by atoms with Gasteiger partial charge in [0.15, 0.2) is 5.82 Å². The van der Waals surface area contributed by atoms with E-state index in [1.54, 1.807) is 19.1 Å². The summed E-state index contributed by atoms with van der Waals surface area (Å²) in [7, 11) is 0. The minimum atomic E-state index is -0.164. The van der Waals surface area contributed by atoms with Gasteiger partial charge in [0.05, 0.1) is 0 Å². The van der Waals surface area contributed by atoms with Crippen LogP contribution in [0.15, 0.2) is 29.1 Å². The molecule has 0 aliphatic carbocycles. The zero-order valence-electron chi connectivity index (χ0n) is 9.61. The second kappa shape index (κ2) is 5.54. The van der Waals surface area contributed by atoms with Crippen LogP contribution in [0.25, 0.3) is 0 Å². The first-order valence-corrected chi connectivity index (χ1v) is 5.46. The zero-order chi connectivity index (χ0) is 12.1. The Morgan fingerprint density at radius 3 is 3.00 bits per heavy atom. The van der Waals surface area contributed by atoms with Gasteiger partial charge in [-0.25, -0.2) is 4.39 Å². The van der Waals surface area contributed by atoms with E-state index in [0.717, 1.165) is 12.1 Å². The molecule has 1 N–H and O–H groups in total. The lowest BCUT2D eigenvalue weighted by atomic mass is 10.1. The van der Waals surface area contributed by atoms with Crippen molar-refractivity contribution < 1.29 is 8.91 Å². The van der Waals surface area contributed by atoms with E-state index in [9.17, 15) is 4.39 Å². The maximum atomic E-state index is 13.3. The molecule has 0 bridgehead atoms. The molecule has 17 heavy (non-hydrogen) atoms. The molecule has 90 valence electrons. The van der Waals surface area contributed by atoms with Gasteiger partial charge in [-0.1, -0.05) is 17.3 Å². The van der Waals surface area contributed by atoms with Crippen LogP contribution < -0.4 is 5.32 Å². The maximum absolute atomic E-state index is 13.3. The highest BCUT2D eigenvalue weighted by Gasteiger charge is 2.00. The van der Waals surface area contributed by atoms with Crippen LogP contribution in [0, 0.1) is 12.7 Å². The molecule has 0 radical (unpaired) electrons. The molecule has 4 nitrogen and oxygen atoms in total. The first-order chi connectivity index (χ1) is 8.25. The Kier molecular flexibility index (Phi) is 3.82. The summed E-state index contributed by atoms with van der Waals surface area (Å²) in [5.41, 5.74) is 1.60. The minimum Gasteiger partial charge on any atom is -0.343 e. The fraction of sp³-hybridized carbons (Fsp3) is 0.333. The molecule has 5 heteroatoms. The molecule has 0 amide bonds. The third-order valence-electron chi connectivity index (χ3n) is 2.50. The van der Waals surface area contributed by atoms with Gasteiger partial charge in [-0.15, -0.1) is 0 Å². The molecule has 0 aliphatic heterocycles. The summed E-state index contributed by atoms with van der Waals surface area (Å²) < 4.78 is 17.9. The number of hydrogen-bond donors (Lipinski definition) is 1. The number of aryl methyl sites for hydroxylation is 1. The van der Waals surface area contributed by atoms with E-state index in [1.807, 2.05) is 6.07 Å². The SMILES string of the molecule is Cc1ccc(CNCCc2ncon2)cc1F. The number of hydrogen-bond acceptors (Lipinski definition) is 4. The Hall–Kier alpha value is -1.75. The van der Waals surface area contributed by atoms with E-state index in [2.05, 4.69) is 20.0 Å². The highest BCUT2D eigenvalue weighted by molar-refractivity contribution is 5.23. The molecule has 0 unspecified atom stereocenters. The van der Waals surface area contributed by atoms with Gasteiger partial charge in [-0.05, 0) is 24.1 Å². The molecule has 0 saturated carbocycles. The van der Waals surface area contributed by atoms with Crippen LogP contribution in [-0.2, 0) is 13.0 Å². The summed E-state index contributed by atoms with van der Waals surface area (Å²) in [6.07, 6.45) is 2.01. The molecule has 0 saturated heterocycles. The molecule has 0 spiro atoms. The van der Waals surface area contributed by atoms with E-state index in [-0.39, 0.29) is 5.82 Å². The molecule has 1 aromatic carbocycles. The maximum Gasteiger partial charge on any atom is 0.213 e. The molecule has 1 aromatic heterocycles. The van der Waals surface area contributed by atoms with Gasteiger partial charge in [-0.3, -0.25) is 0 Å². The van der Waals surface area contributed by atoms with Crippen LogP contribution in [0.2, 0.25) is 0 Å². The highest BCUT2D eigenvalue weighted by Crippen LogP contribution is 2.08. The van der Waals surface area contributed by atoms with Gasteiger partial charge in [0.2, 0.25) is 6.39 Å². The van der Waals surface area contributed by atoms with E-state index < -0.39 is 0 Å². The lowest BCUT2D eigenvalue weighted by Crippen LogP contribution is -2.17. The summed E-state index contributed by atoms with van der Waals surface area (Å²) in [6, 6.07) is 5.25. The van der Waals surface area contributed by atoms with E-state index in [1.165, 1.54) is 6.39 Å². The smallest absolute Gasteiger partial charge is 0.213 e. The number of benzene rings is 1. The molecular weight excluding hydrogens is 221 g/mol. The second-order valence-corrected chi connectivity index (χ2v) is 3.86. The number of rotatable bonds is 5. The monoisotopic (exact) mass is 235 g/mol. The van der Waals surface area contributed by atoms with Crippen molar-refractivity contribution >= 4 is 0 Å². The Bertz CT molecular complexity index is 471. The van der Waals surface area contributed by atoms with Gasteiger partial charge in [0.25, 0.3) is 0 Å². The average Bonchev–Trinajstić information content (AvgIpc) is 2.82. The number of nitrogens with one attached hydrogen (secondary N) is 1. The summed E-state index contributed by atoms with van der Waals surface area (Å²) >= 11 is 0. The van der Waals surface area contributed by atoms with Gasteiger partial charge in [-0.2, -0.15) is 4.98 Å². The van der Waals surface area contributed by atoms with E-state index in [0.29, 0.717) is 24.4 Å². The van der Waals surface area contributed by atoms with Crippen LogP contribution in [-0.4, -0.2) is 16.7 Å².